The molecule has 0 spiro atoms. The number of nitrogens with one attached hydrogen (secondary N) is 1. The Balaban J connectivity index is 2.01. The third kappa shape index (κ3) is 4.13. The molecule has 1 aliphatic carbocycles. The smallest absolute Gasteiger partial charge is 0.410 e. The van der Waals surface area contributed by atoms with Crippen LogP contribution < -0.4 is 10.1 Å². The summed E-state index contributed by atoms with van der Waals surface area (Å²) >= 11 is 0. The normalized spacial score (nSPS) is 16.3. The number of rotatable bonds is 4. The van der Waals surface area contributed by atoms with Gasteiger partial charge in [0.1, 0.15) is 11.4 Å². The Bertz CT molecular complexity index is 555. The minimum absolute atomic E-state index is 0.190. The summed E-state index contributed by atoms with van der Waals surface area (Å²) in [6, 6.07) is 6.11. The Labute approximate surface area is 129 Å². The second-order valence-corrected chi connectivity index (χ2v) is 6.41. The van der Waals surface area contributed by atoms with E-state index in [1.807, 2.05) is 0 Å². The van der Waals surface area contributed by atoms with Crippen molar-refractivity contribution >= 4 is 12.1 Å². The van der Waals surface area contributed by atoms with Gasteiger partial charge in [-0.15, -0.1) is 0 Å². The first kappa shape index (κ1) is 16.1. The van der Waals surface area contributed by atoms with Gasteiger partial charge in [-0.1, -0.05) is 0 Å². The van der Waals surface area contributed by atoms with Crippen molar-refractivity contribution in [3.05, 3.63) is 29.8 Å². The predicted octanol–water partition coefficient (Wildman–Crippen LogP) is 3.17. The van der Waals surface area contributed by atoms with Crippen LogP contribution in [-0.2, 0) is 4.74 Å². The molecule has 0 radical (unpaired) electrons. The van der Waals surface area contributed by atoms with Crippen LogP contribution in [0.1, 0.15) is 50.4 Å². The van der Waals surface area contributed by atoms with Crippen LogP contribution in [0, 0.1) is 0 Å². The Kier molecular flexibility index (Phi) is 4.30. The number of alkyl carbamates (subject to hydrolysis) is 1. The van der Waals surface area contributed by atoms with Gasteiger partial charge in [-0.2, -0.15) is 0 Å². The van der Waals surface area contributed by atoms with Crippen LogP contribution in [0.15, 0.2) is 24.3 Å². The number of amides is 1. The molecule has 22 heavy (non-hydrogen) atoms. The van der Waals surface area contributed by atoms with Crippen LogP contribution in [-0.4, -0.2) is 28.5 Å². The van der Waals surface area contributed by atoms with Crippen molar-refractivity contribution in [2.45, 2.75) is 51.4 Å². The summed E-state index contributed by atoms with van der Waals surface area (Å²) in [5.41, 5.74) is -1.15. The first-order valence-electron chi connectivity index (χ1n) is 7.23. The zero-order valence-corrected chi connectivity index (χ0v) is 13.0. The highest BCUT2D eigenvalue weighted by molar-refractivity contribution is 5.87. The predicted molar refractivity (Wildman–Crippen MR) is 80.0 cm³/mol. The van der Waals surface area contributed by atoms with E-state index in [4.69, 9.17) is 14.6 Å². The molecule has 1 aromatic rings. The van der Waals surface area contributed by atoms with Crippen molar-refractivity contribution in [2.24, 2.45) is 0 Å². The van der Waals surface area contributed by atoms with E-state index in [1.54, 1.807) is 32.9 Å². The molecule has 1 saturated carbocycles. The van der Waals surface area contributed by atoms with Gasteiger partial charge in [0.05, 0.1) is 5.56 Å². The maximum atomic E-state index is 11.9. The highest BCUT2D eigenvalue weighted by atomic mass is 16.6. The number of aromatic carboxylic acids is 1. The molecule has 1 aromatic carbocycles. The summed E-state index contributed by atoms with van der Waals surface area (Å²) in [5.74, 6) is -0.474. The third-order valence-electron chi connectivity index (χ3n) is 3.30. The number of carbonyl (C=O) groups is 2. The van der Waals surface area contributed by atoms with Crippen LogP contribution in [0.4, 0.5) is 4.79 Å². The van der Waals surface area contributed by atoms with E-state index < -0.39 is 23.4 Å². The number of ether oxygens (including phenoxy) is 2. The molecule has 2 N–H and O–H groups in total. The highest BCUT2D eigenvalue weighted by Crippen LogP contribution is 2.34. The fourth-order valence-electron chi connectivity index (χ4n) is 2.13. The average molecular weight is 307 g/mol. The van der Waals surface area contributed by atoms with Gasteiger partial charge in [0.2, 0.25) is 0 Å². The summed E-state index contributed by atoms with van der Waals surface area (Å²) < 4.78 is 11.1. The number of carboxylic acids is 1. The quantitative estimate of drug-likeness (QED) is 0.835. The summed E-state index contributed by atoms with van der Waals surface area (Å²) in [6.07, 6.45) is 1.80. The van der Waals surface area contributed by atoms with Crippen LogP contribution >= 0.6 is 0 Å². The molecule has 0 heterocycles. The summed E-state index contributed by atoms with van der Waals surface area (Å²) in [4.78, 5) is 22.7. The molecule has 0 aromatic heterocycles. The number of hydrogen-bond acceptors (Lipinski definition) is 4. The molecule has 6 heteroatoms. The third-order valence-corrected chi connectivity index (χ3v) is 3.30. The van der Waals surface area contributed by atoms with E-state index in [0.29, 0.717) is 18.6 Å². The maximum Gasteiger partial charge on any atom is 0.410 e. The molecule has 0 bridgehead atoms. The standard InChI is InChI=1S/C16H21NO5/c1-15(2,3)22-14(20)17-16(9-4-10-16)21-12-7-5-11(6-8-12)13(18)19/h5-8H,4,9-10H2,1-3H3,(H,17,20)(H,18,19). The van der Waals surface area contributed by atoms with Gasteiger partial charge in [0.25, 0.3) is 0 Å². The van der Waals surface area contributed by atoms with Gasteiger partial charge in [-0.05, 0) is 51.5 Å². The van der Waals surface area contributed by atoms with Gasteiger partial charge in [-0.3, -0.25) is 5.32 Å². The Morgan fingerprint density at radius 2 is 1.77 bits per heavy atom. The fourth-order valence-corrected chi connectivity index (χ4v) is 2.13. The number of hydrogen-bond donors (Lipinski definition) is 2. The number of carbonyl (C=O) groups excluding carboxylic acids is 1. The molecule has 0 unspecified atom stereocenters. The Hall–Kier alpha value is -2.24. The van der Waals surface area contributed by atoms with Crippen molar-refractivity contribution in [3.63, 3.8) is 0 Å². The minimum Gasteiger partial charge on any atom is -0.478 e. The Morgan fingerprint density at radius 3 is 2.18 bits per heavy atom. The second-order valence-electron chi connectivity index (χ2n) is 6.41. The maximum absolute atomic E-state index is 11.9. The molecular weight excluding hydrogens is 286 g/mol. The van der Waals surface area contributed by atoms with Gasteiger partial charge in [-0.25, -0.2) is 9.59 Å². The molecule has 1 amide bonds. The van der Waals surface area contributed by atoms with Crippen LogP contribution in [0.3, 0.4) is 0 Å². The number of carboxylic acid groups (broad SMARTS) is 1. The molecular formula is C16H21NO5. The van der Waals surface area contributed by atoms with Crippen LogP contribution in [0.5, 0.6) is 5.75 Å². The van der Waals surface area contributed by atoms with Gasteiger partial charge < -0.3 is 14.6 Å². The highest BCUT2D eigenvalue weighted by Gasteiger charge is 2.42. The van der Waals surface area contributed by atoms with Crippen molar-refractivity contribution in [2.75, 3.05) is 0 Å². The fraction of sp³-hybridized carbons (Fsp3) is 0.500. The van der Waals surface area contributed by atoms with Crippen molar-refractivity contribution < 1.29 is 24.2 Å². The molecule has 120 valence electrons. The lowest BCUT2D eigenvalue weighted by Crippen LogP contribution is -2.58. The molecule has 2 rings (SSSR count). The monoisotopic (exact) mass is 307 g/mol. The van der Waals surface area contributed by atoms with Gasteiger partial charge in [0, 0.05) is 12.8 Å². The molecule has 1 aliphatic rings. The van der Waals surface area contributed by atoms with Crippen molar-refractivity contribution in [1.29, 1.82) is 0 Å². The van der Waals surface area contributed by atoms with E-state index in [1.165, 1.54) is 12.1 Å². The van der Waals surface area contributed by atoms with Crippen molar-refractivity contribution in [3.8, 4) is 5.75 Å². The number of benzene rings is 1. The van der Waals surface area contributed by atoms with Gasteiger partial charge in [0.15, 0.2) is 5.72 Å². The Morgan fingerprint density at radius 1 is 1.18 bits per heavy atom. The lowest BCUT2D eigenvalue weighted by Gasteiger charge is -2.42. The second kappa shape index (κ2) is 5.87. The SMILES string of the molecule is CC(C)(C)OC(=O)NC1(Oc2ccc(C(=O)O)cc2)CCC1. The van der Waals surface area contributed by atoms with Gasteiger partial charge >= 0.3 is 12.1 Å². The summed E-state index contributed by atoms with van der Waals surface area (Å²) in [6.45, 7) is 5.39. The molecule has 1 fully saturated rings. The lowest BCUT2D eigenvalue weighted by atomic mass is 9.88. The average Bonchev–Trinajstić information content (AvgIpc) is 2.34. The van der Waals surface area contributed by atoms with Crippen molar-refractivity contribution in [1.82, 2.24) is 5.32 Å². The first-order chi connectivity index (χ1) is 10.2. The molecule has 0 atom stereocenters. The topological polar surface area (TPSA) is 84.9 Å². The zero-order chi connectivity index (χ0) is 16.4. The van der Waals surface area contributed by atoms with E-state index in [0.717, 1.165) is 6.42 Å². The molecule has 6 nitrogen and oxygen atoms in total. The minimum atomic E-state index is -0.989. The zero-order valence-electron chi connectivity index (χ0n) is 13.0. The molecule has 0 aliphatic heterocycles. The van der Waals surface area contributed by atoms with Crippen LogP contribution in [0.25, 0.3) is 0 Å². The lowest BCUT2D eigenvalue weighted by molar-refractivity contribution is -0.0458. The largest absolute Gasteiger partial charge is 0.478 e. The van der Waals surface area contributed by atoms with E-state index in [-0.39, 0.29) is 5.56 Å². The van der Waals surface area contributed by atoms with E-state index in [9.17, 15) is 9.59 Å². The summed E-state index contributed by atoms with van der Waals surface area (Å²) in [7, 11) is 0. The first-order valence-corrected chi connectivity index (χ1v) is 7.23. The van der Waals surface area contributed by atoms with E-state index in [2.05, 4.69) is 5.32 Å². The molecule has 0 saturated heterocycles. The van der Waals surface area contributed by atoms with Crippen LogP contribution in [0.2, 0.25) is 0 Å². The van der Waals surface area contributed by atoms with E-state index >= 15 is 0 Å². The summed E-state index contributed by atoms with van der Waals surface area (Å²) in [5, 5.41) is 11.7.